The predicted octanol–water partition coefficient (Wildman–Crippen LogP) is 11.4. The molecule has 0 atom stereocenters. The van der Waals surface area contributed by atoms with E-state index in [1.807, 2.05) is 0 Å². The summed E-state index contributed by atoms with van der Waals surface area (Å²) in [6, 6.07) is 13.0. The molecule has 0 bridgehead atoms. The molecule has 2 aromatic rings. The van der Waals surface area contributed by atoms with Gasteiger partial charge in [-0.2, -0.15) is 0 Å². The fourth-order valence-electron chi connectivity index (χ4n) is 5.69. The predicted molar refractivity (Wildman–Crippen MR) is 165 cm³/mol. The smallest absolute Gasteiger partial charge is 0.214 e. The highest BCUT2D eigenvalue weighted by molar-refractivity contribution is 5.81. The van der Waals surface area contributed by atoms with Gasteiger partial charge in [-0.25, -0.2) is 4.70 Å². The van der Waals surface area contributed by atoms with Crippen molar-refractivity contribution >= 4 is 11.4 Å². The Morgan fingerprint density at radius 3 is 1.55 bits per heavy atom. The monoisotopic (exact) mass is 510 g/mol. The second-order valence-electron chi connectivity index (χ2n) is 11.5. The van der Waals surface area contributed by atoms with Gasteiger partial charge >= 0.3 is 0 Å². The minimum Gasteiger partial charge on any atom is -0.493 e. The van der Waals surface area contributed by atoms with Gasteiger partial charge in [-0.3, -0.25) is 0 Å². The Labute approximate surface area is 233 Å². The zero-order valence-electron chi connectivity index (χ0n) is 24.8. The summed E-state index contributed by atoms with van der Waals surface area (Å²) < 4.78 is 1.39. The van der Waals surface area contributed by atoms with Gasteiger partial charge in [0.2, 0.25) is 11.4 Å². The maximum Gasteiger partial charge on any atom is 0.214 e. The number of aryl methyl sites for hydroxylation is 4. The normalized spacial score (nSPS) is 13.7. The minimum atomic E-state index is 0.843. The van der Waals surface area contributed by atoms with Crippen LogP contribution < -0.4 is 0 Å². The highest BCUT2D eigenvalue weighted by atomic mass is 15.2. The summed E-state index contributed by atoms with van der Waals surface area (Å²) in [7, 11) is 0. The molecule has 0 N–H and O–H groups in total. The lowest BCUT2D eigenvalue weighted by Crippen LogP contribution is -2.03. The van der Waals surface area contributed by atoms with Gasteiger partial charge < -0.3 is 5.53 Å². The minimum absolute atomic E-state index is 0.843. The molecule has 0 amide bonds. The molecule has 0 spiro atoms. The van der Waals surface area contributed by atoms with Gasteiger partial charge in [0.1, 0.15) is 0 Å². The fourth-order valence-corrected chi connectivity index (χ4v) is 5.69. The Hall–Kier alpha value is -2.74. The Kier molecular flexibility index (Phi) is 12.3. The first kappa shape index (κ1) is 29.8. The van der Waals surface area contributed by atoms with Crippen molar-refractivity contribution in [3.05, 3.63) is 99.1 Å². The average Bonchev–Trinajstić information content (AvgIpc) is 3.19. The van der Waals surface area contributed by atoms with Gasteiger partial charge in [-0.05, 0) is 64.8 Å². The lowest BCUT2D eigenvalue weighted by Gasteiger charge is -2.11. The first-order chi connectivity index (χ1) is 18.4. The lowest BCUT2D eigenvalue weighted by atomic mass is 10.0. The van der Waals surface area contributed by atoms with Crippen molar-refractivity contribution in [1.82, 2.24) is 0 Å². The van der Waals surface area contributed by atoms with Crippen LogP contribution in [0.2, 0.25) is 0 Å². The van der Waals surface area contributed by atoms with E-state index in [1.54, 1.807) is 0 Å². The molecule has 2 heteroatoms. The van der Waals surface area contributed by atoms with E-state index in [-0.39, 0.29) is 0 Å². The van der Waals surface area contributed by atoms with Crippen molar-refractivity contribution in [2.75, 3.05) is 0 Å². The zero-order valence-corrected chi connectivity index (χ0v) is 24.8. The summed E-state index contributed by atoms with van der Waals surface area (Å²) in [4.78, 5) is 0. The highest BCUT2D eigenvalue weighted by Crippen LogP contribution is 2.37. The zero-order chi connectivity index (χ0) is 27.3. The first-order valence-electron chi connectivity index (χ1n) is 15.2. The SMILES string of the molecule is CCCCCCCCCCCCCCC=CC1=C(c2cc(C)cc(C)c2)[N+](=[N-])C(c2cc(C)cc(C)c2)=C1. The van der Waals surface area contributed by atoms with Crippen molar-refractivity contribution < 1.29 is 4.70 Å². The molecule has 0 aromatic heterocycles. The van der Waals surface area contributed by atoms with E-state index in [4.69, 9.17) is 0 Å². The molecule has 0 radical (unpaired) electrons. The third kappa shape index (κ3) is 9.22. The highest BCUT2D eigenvalue weighted by Gasteiger charge is 2.28. The molecule has 0 saturated heterocycles. The van der Waals surface area contributed by atoms with Crippen molar-refractivity contribution in [3.8, 4) is 0 Å². The van der Waals surface area contributed by atoms with Crippen LogP contribution in [-0.4, -0.2) is 4.70 Å². The molecule has 0 saturated carbocycles. The molecular formula is C36H50N2. The van der Waals surface area contributed by atoms with E-state index in [2.05, 4.69) is 89.2 Å². The van der Waals surface area contributed by atoms with Gasteiger partial charge in [0.15, 0.2) is 0 Å². The lowest BCUT2D eigenvalue weighted by molar-refractivity contribution is -0.344. The summed E-state index contributed by atoms with van der Waals surface area (Å²) in [5.74, 6) is 0. The molecule has 3 rings (SSSR count). The van der Waals surface area contributed by atoms with Crippen LogP contribution in [0.1, 0.15) is 124 Å². The number of hydrogen-bond acceptors (Lipinski definition) is 0. The van der Waals surface area contributed by atoms with E-state index < -0.39 is 0 Å². The molecule has 2 aromatic carbocycles. The molecule has 38 heavy (non-hydrogen) atoms. The van der Waals surface area contributed by atoms with Crippen LogP contribution in [0.25, 0.3) is 16.9 Å². The van der Waals surface area contributed by atoms with Gasteiger partial charge in [0.25, 0.3) is 0 Å². The maximum absolute atomic E-state index is 11.4. The molecule has 1 aliphatic rings. The van der Waals surface area contributed by atoms with Gasteiger partial charge in [0, 0.05) is 17.2 Å². The Balaban J connectivity index is 1.57. The van der Waals surface area contributed by atoms with Gasteiger partial charge in [-0.15, -0.1) is 0 Å². The molecule has 204 valence electrons. The largest absolute Gasteiger partial charge is 0.493 e. The Morgan fingerprint density at radius 1 is 0.605 bits per heavy atom. The van der Waals surface area contributed by atoms with Crippen LogP contribution in [-0.2, 0) is 0 Å². The van der Waals surface area contributed by atoms with E-state index in [9.17, 15) is 5.53 Å². The third-order valence-electron chi connectivity index (χ3n) is 7.54. The second kappa shape index (κ2) is 15.6. The molecular weight excluding hydrogens is 460 g/mol. The standard InChI is InChI=1S/C36H50N2/c1-6-7-8-9-10-11-12-13-14-15-16-17-18-19-20-32-27-35(33-23-28(2)21-29(3)24-33)38(37)36(32)34-25-30(4)22-31(5)26-34/h19-27H,6-18H2,1-5H3. The fraction of sp³-hybridized carbons (Fsp3) is 0.500. The molecule has 2 nitrogen and oxygen atoms in total. The summed E-state index contributed by atoms with van der Waals surface area (Å²) in [6.45, 7) is 10.8. The van der Waals surface area contributed by atoms with Gasteiger partial charge in [0.05, 0.1) is 5.57 Å². The van der Waals surface area contributed by atoms with Crippen LogP contribution in [0.4, 0.5) is 0 Å². The maximum atomic E-state index is 11.4. The molecule has 0 unspecified atom stereocenters. The van der Waals surface area contributed by atoms with Crippen molar-refractivity contribution in [1.29, 1.82) is 0 Å². The Morgan fingerprint density at radius 2 is 1.05 bits per heavy atom. The number of allylic oxidation sites excluding steroid dienone is 4. The van der Waals surface area contributed by atoms with E-state index in [0.29, 0.717) is 0 Å². The topological polar surface area (TPSA) is 25.3 Å². The second-order valence-corrected chi connectivity index (χ2v) is 11.5. The van der Waals surface area contributed by atoms with Crippen LogP contribution in [0.15, 0.2) is 60.2 Å². The first-order valence-corrected chi connectivity index (χ1v) is 15.2. The van der Waals surface area contributed by atoms with Gasteiger partial charge in [-0.1, -0.05) is 124 Å². The number of unbranched alkanes of at least 4 members (excludes halogenated alkanes) is 12. The third-order valence-corrected chi connectivity index (χ3v) is 7.54. The number of hydrogen-bond donors (Lipinski definition) is 0. The molecule has 0 fully saturated rings. The van der Waals surface area contributed by atoms with Crippen molar-refractivity contribution in [2.45, 2.75) is 118 Å². The van der Waals surface area contributed by atoms with Crippen LogP contribution in [0.3, 0.4) is 0 Å². The van der Waals surface area contributed by atoms with Crippen molar-refractivity contribution in [3.63, 3.8) is 0 Å². The number of rotatable bonds is 16. The molecule has 1 heterocycles. The number of benzene rings is 2. The summed E-state index contributed by atoms with van der Waals surface area (Å²) >= 11 is 0. The average molecular weight is 511 g/mol. The van der Waals surface area contributed by atoms with Crippen LogP contribution in [0, 0.1) is 27.7 Å². The summed E-state index contributed by atoms with van der Waals surface area (Å²) in [5, 5.41) is 0. The number of nitrogens with zero attached hydrogens (tertiary/aromatic N) is 2. The summed E-state index contributed by atoms with van der Waals surface area (Å²) in [5.41, 5.74) is 21.1. The van der Waals surface area contributed by atoms with Crippen LogP contribution >= 0.6 is 0 Å². The van der Waals surface area contributed by atoms with E-state index in [1.165, 1.54) is 104 Å². The Bertz CT molecular complexity index is 1120. The van der Waals surface area contributed by atoms with E-state index >= 15 is 0 Å². The summed E-state index contributed by atoms with van der Waals surface area (Å²) in [6.07, 6.45) is 24.2. The van der Waals surface area contributed by atoms with Crippen LogP contribution in [0.5, 0.6) is 0 Å². The van der Waals surface area contributed by atoms with E-state index in [0.717, 1.165) is 34.5 Å². The molecule has 0 aliphatic carbocycles. The molecule has 1 aliphatic heterocycles. The van der Waals surface area contributed by atoms with Crippen molar-refractivity contribution in [2.24, 2.45) is 0 Å². The quantitative estimate of drug-likeness (QED) is 0.158.